The van der Waals surface area contributed by atoms with Crippen molar-refractivity contribution in [2.75, 3.05) is 45.3 Å². The number of carbonyl (C=O) groups excluding carboxylic acids is 1. The molecule has 0 saturated carbocycles. The number of nitrogens with zero attached hydrogens (tertiary/aromatic N) is 1. The molecule has 0 aliphatic carbocycles. The fraction of sp³-hybridized carbons (Fsp3) is 0.350. The molecule has 1 heterocycles. The average Bonchev–Trinajstić information content (AvgIpc) is 2.77. The van der Waals surface area contributed by atoms with E-state index in [-0.39, 0.29) is 29.8 Å². The maximum absolute atomic E-state index is 12.6. The van der Waals surface area contributed by atoms with Crippen molar-refractivity contribution in [1.29, 1.82) is 0 Å². The van der Waals surface area contributed by atoms with E-state index >= 15 is 0 Å². The van der Waals surface area contributed by atoms with Gasteiger partial charge in [-0.15, -0.1) is 11.8 Å². The maximum atomic E-state index is 12.6. The van der Waals surface area contributed by atoms with Gasteiger partial charge in [0, 0.05) is 23.0 Å². The van der Waals surface area contributed by atoms with Crippen LogP contribution in [-0.2, 0) is 24.3 Å². The van der Waals surface area contributed by atoms with Crippen LogP contribution in [0.2, 0.25) is 5.02 Å². The number of benzene rings is 2. The number of rotatable bonds is 9. The van der Waals surface area contributed by atoms with Gasteiger partial charge in [0.2, 0.25) is 10.0 Å². The van der Waals surface area contributed by atoms with Crippen molar-refractivity contribution in [1.82, 2.24) is 4.31 Å². The summed E-state index contributed by atoms with van der Waals surface area (Å²) in [5, 5.41) is 0.644. The van der Waals surface area contributed by atoms with Crippen LogP contribution in [0.3, 0.4) is 0 Å². The molecule has 0 atom stereocenters. The quantitative estimate of drug-likeness (QED) is 0.316. The summed E-state index contributed by atoms with van der Waals surface area (Å²) in [5.41, 5.74) is 0. The lowest BCUT2D eigenvalue weighted by atomic mass is 10.3. The first kappa shape index (κ1) is 22.9. The van der Waals surface area contributed by atoms with E-state index in [1.807, 2.05) is 12.1 Å². The summed E-state index contributed by atoms with van der Waals surface area (Å²) in [6.45, 7) is 1.78. The van der Waals surface area contributed by atoms with Crippen molar-refractivity contribution in [3.05, 3.63) is 53.6 Å². The second-order valence-corrected chi connectivity index (χ2v) is 9.72. The van der Waals surface area contributed by atoms with Crippen LogP contribution in [0.25, 0.3) is 0 Å². The molecular weight excluding hydrogens is 450 g/mol. The van der Waals surface area contributed by atoms with Crippen LogP contribution in [0.15, 0.2) is 58.3 Å². The molecule has 3 rings (SSSR count). The topological polar surface area (TPSA) is 82.1 Å². The van der Waals surface area contributed by atoms with Gasteiger partial charge in [-0.1, -0.05) is 11.6 Å². The Balaban J connectivity index is 1.38. The maximum Gasteiger partial charge on any atom is 0.316 e. The Labute approximate surface area is 185 Å². The summed E-state index contributed by atoms with van der Waals surface area (Å²) in [5.74, 6) is 0.350. The number of carbonyl (C=O) groups is 1. The Morgan fingerprint density at radius 2 is 1.70 bits per heavy atom. The van der Waals surface area contributed by atoms with Gasteiger partial charge in [0.05, 0.1) is 23.9 Å². The van der Waals surface area contributed by atoms with Gasteiger partial charge in [-0.2, -0.15) is 4.31 Å². The molecule has 0 unspecified atom stereocenters. The molecule has 0 amide bonds. The normalized spacial score (nSPS) is 15.0. The number of halogens is 1. The minimum Gasteiger partial charge on any atom is -0.490 e. The number of ether oxygens (including phenoxy) is 3. The average molecular weight is 472 g/mol. The fourth-order valence-electron chi connectivity index (χ4n) is 2.67. The molecule has 2 aromatic rings. The third kappa shape index (κ3) is 6.61. The fourth-order valence-corrected chi connectivity index (χ4v) is 4.90. The van der Waals surface area contributed by atoms with Crippen molar-refractivity contribution >= 4 is 39.4 Å². The summed E-state index contributed by atoms with van der Waals surface area (Å²) in [7, 11) is -3.53. The van der Waals surface area contributed by atoms with Crippen LogP contribution in [-0.4, -0.2) is 64.0 Å². The van der Waals surface area contributed by atoms with E-state index in [1.54, 1.807) is 24.3 Å². The summed E-state index contributed by atoms with van der Waals surface area (Å²) >= 11 is 7.19. The van der Waals surface area contributed by atoms with Crippen LogP contribution in [0.1, 0.15) is 0 Å². The Hall–Kier alpha value is -1.78. The first-order valence-electron chi connectivity index (χ1n) is 9.30. The molecule has 1 aliphatic rings. The van der Waals surface area contributed by atoms with E-state index in [1.165, 1.54) is 28.2 Å². The highest BCUT2D eigenvalue weighted by Gasteiger charge is 2.26. The van der Waals surface area contributed by atoms with E-state index in [4.69, 9.17) is 25.8 Å². The molecule has 0 radical (unpaired) electrons. The number of morpholine rings is 1. The van der Waals surface area contributed by atoms with Crippen LogP contribution in [0.4, 0.5) is 0 Å². The van der Waals surface area contributed by atoms with Gasteiger partial charge in [-0.05, 0) is 48.5 Å². The van der Waals surface area contributed by atoms with Crippen LogP contribution >= 0.6 is 23.4 Å². The zero-order valence-electron chi connectivity index (χ0n) is 16.2. The van der Waals surface area contributed by atoms with Crippen LogP contribution in [0, 0.1) is 0 Å². The number of hydrogen-bond donors (Lipinski definition) is 0. The SMILES string of the molecule is O=C(CSc1ccc(Cl)cc1)OCCOc1ccc(S(=O)(=O)N2CCOCC2)cc1. The Bertz CT molecular complexity index is 929. The third-order valence-corrected chi connectivity index (χ3v) is 7.37. The minimum atomic E-state index is -3.53. The number of esters is 1. The Kier molecular flexibility index (Phi) is 8.41. The molecule has 0 bridgehead atoms. The van der Waals surface area contributed by atoms with Crippen LogP contribution in [0.5, 0.6) is 5.75 Å². The zero-order chi connectivity index (χ0) is 21.4. The number of hydrogen-bond acceptors (Lipinski definition) is 7. The first-order valence-corrected chi connectivity index (χ1v) is 12.1. The molecule has 162 valence electrons. The van der Waals surface area contributed by atoms with Gasteiger partial charge in [0.25, 0.3) is 0 Å². The molecule has 0 aromatic heterocycles. The van der Waals surface area contributed by atoms with Crippen molar-refractivity contribution in [3.63, 3.8) is 0 Å². The predicted octanol–water partition coefficient (Wildman–Crippen LogP) is 3.08. The van der Waals surface area contributed by atoms with Gasteiger partial charge in [-0.25, -0.2) is 8.42 Å². The molecule has 7 nitrogen and oxygen atoms in total. The van der Waals surface area contributed by atoms with Crippen molar-refractivity contribution in [3.8, 4) is 5.75 Å². The van der Waals surface area contributed by atoms with E-state index < -0.39 is 10.0 Å². The Morgan fingerprint density at radius 3 is 2.37 bits per heavy atom. The standard InChI is InChI=1S/C20H22ClNO6S2/c21-16-1-5-18(6-2-16)29-15-20(23)28-14-13-27-17-3-7-19(8-4-17)30(24,25)22-9-11-26-12-10-22/h1-8H,9-15H2. The molecule has 0 spiro atoms. The molecule has 0 N–H and O–H groups in total. The Morgan fingerprint density at radius 1 is 1.03 bits per heavy atom. The smallest absolute Gasteiger partial charge is 0.316 e. The molecule has 30 heavy (non-hydrogen) atoms. The highest BCUT2D eigenvalue weighted by Crippen LogP contribution is 2.21. The van der Waals surface area contributed by atoms with Gasteiger partial charge >= 0.3 is 5.97 Å². The summed E-state index contributed by atoms with van der Waals surface area (Å²) in [6.07, 6.45) is 0. The van der Waals surface area contributed by atoms with Gasteiger partial charge in [-0.3, -0.25) is 4.79 Å². The van der Waals surface area contributed by atoms with Crippen molar-refractivity contribution < 1.29 is 27.4 Å². The predicted molar refractivity (Wildman–Crippen MR) is 115 cm³/mol. The molecule has 10 heteroatoms. The van der Waals surface area contributed by atoms with E-state index in [0.29, 0.717) is 37.1 Å². The first-order chi connectivity index (χ1) is 14.4. The highest BCUT2D eigenvalue weighted by atomic mass is 35.5. The van der Waals surface area contributed by atoms with Crippen molar-refractivity contribution in [2.45, 2.75) is 9.79 Å². The third-order valence-electron chi connectivity index (χ3n) is 4.22. The number of thioether (sulfide) groups is 1. The van der Waals surface area contributed by atoms with Gasteiger partial charge in [0.15, 0.2) is 0 Å². The van der Waals surface area contributed by atoms with Crippen LogP contribution < -0.4 is 4.74 Å². The molecular formula is C20H22ClNO6S2. The lowest BCUT2D eigenvalue weighted by Gasteiger charge is -2.26. The van der Waals surface area contributed by atoms with Crippen molar-refractivity contribution in [2.24, 2.45) is 0 Å². The lowest BCUT2D eigenvalue weighted by Crippen LogP contribution is -2.40. The molecule has 1 fully saturated rings. The summed E-state index contributed by atoms with van der Waals surface area (Å²) < 4.78 is 42.4. The number of sulfonamides is 1. The minimum absolute atomic E-state index is 0.105. The second kappa shape index (κ2) is 11.0. The van der Waals surface area contributed by atoms with E-state index in [0.717, 1.165) is 4.90 Å². The lowest BCUT2D eigenvalue weighted by molar-refractivity contribution is -0.141. The molecule has 1 saturated heterocycles. The van der Waals surface area contributed by atoms with Gasteiger partial charge in [0.1, 0.15) is 19.0 Å². The molecule has 2 aromatic carbocycles. The van der Waals surface area contributed by atoms with Gasteiger partial charge < -0.3 is 14.2 Å². The van der Waals surface area contributed by atoms with E-state index in [2.05, 4.69) is 0 Å². The zero-order valence-corrected chi connectivity index (χ0v) is 18.5. The summed E-state index contributed by atoms with van der Waals surface area (Å²) in [6, 6.07) is 13.4. The largest absolute Gasteiger partial charge is 0.490 e. The van der Waals surface area contributed by atoms with E-state index in [9.17, 15) is 13.2 Å². The summed E-state index contributed by atoms with van der Waals surface area (Å²) in [4.78, 5) is 12.9. The second-order valence-electron chi connectivity index (χ2n) is 6.30. The highest BCUT2D eigenvalue weighted by molar-refractivity contribution is 8.00. The monoisotopic (exact) mass is 471 g/mol. The molecule has 1 aliphatic heterocycles.